The molecule has 0 spiro atoms. The van der Waals surface area contributed by atoms with E-state index in [-0.39, 0.29) is 5.91 Å². The minimum absolute atomic E-state index is 0.0796. The molecule has 1 aliphatic heterocycles. The van der Waals surface area contributed by atoms with E-state index in [2.05, 4.69) is 35.3 Å². The maximum Gasteiger partial charge on any atom is 0.237 e. The highest BCUT2D eigenvalue weighted by atomic mass is 32.2. The lowest BCUT2D eigenvalue weighted by Gasteiger charge is -2.22. The van der Waals surface area contributed by atoms with Crippen LogP contribution in [0, 0.1) is 0 Å². The zero-order valence-corrected chi connectivity index (χ0v) is 19.9. The number of carbonyl (C=O) groups excluding carboxylic acids is 1. The van der Waals surface area contributed by atoms with Gasteiger partial charge in [-0.05, 0) is 36.2 Å². The first-order chi connectivity index (χ1) is 16.2. The molecule has 0 aliphatic carbocycles. The lowest BCUT2D eigenvalue weighted by Crippen LogP contribution is -2.33. The average molecular weight is 477 g/mol. The van der Waals surface area contributed by atoms with Crippen molar-refractivity contribution < 1.29 is 9.21 Å². The summed E-state index contributed by atoms with van der Waals surface area (Å²) in [6.07, 6.45) is 2.59. The first kappa shape index (κ1) is 21.9. The molecule has 8 heteroatoms. The van der Waals surface area contributed by atoms with Crippen molar-refractivity contribution in [2.45, 2.75) is 35.2 Å². The fraction of sp³-hybridized carbons (Fsp3) is 0.240. The normalized spacial score (nSPS) is 15.8. The summed E-state index contributed by atoms with van der Waals surface area (Å²) in [5, 5.41) is 9.95. The Morgan fingerprint density at radius 3 is 2.73 bits per heavy atom. The molecule has 0 saturated heterocycles. The number of benzene rings is 2. The number of hydrogen-bond donors (Lipinski definition) is 0. The zero-order chi connectivity index (χ0) is 22.6. The number of rotatable bonds is 6. The van der Waals surface area contributed by atoms with Gasteiger partial charge >= 0.3 is 0 Å². The van der Waals surface area contributed by atoms with E-state index in [9.17, 15) is 4.79 Å². The van der Waals surface area contributed by atoms with Crippen LogP contribution in [0.3, 0.4) is 0 Å². The Labute approximate surface area is 201 Å². The Morgan fingerprint density at radius 1 is 1.09 bits per heavy atom. The molecule has 4 aromatic rings. The molecule has 1 atom stereocenters. The van der Waals surface area contributed by atoms with Gasteiger partial charge in [0.2, 0.25) is 11.7 Å². The van der Waals surface area contributed by atoms with Crippen molar-refractivity contribution in [1.82, 2.24) is 14.8 Å². The number of amides is 1. The van der Waals surface area contributed by atoms with Crippen LogP contribution in [0.4, 0.5) is 5.69 Å². The van der Waals surface area contributed by atoms with Crippen LogP contribution in [-0.4, -0.2) is 38.2 Å². The number of anilines is 1. The largest absolute Gasteiger partial charge is 0.461 e. The molecular formula is C25H24N4O2S2. The predicted molar refractivity (Wildman–Crippen MR) is 133 cm³/mol. The summed E-state index contributed by atoms with van der Waals surface area (Å²) in [4.78, 5) is 16.4. The molecule has 2 aromatic heterocycles. The Hall–Kier alpha value is -2.97. The van der Waals surface area contributed by atoms with Crippen molar-refractivity contribution in [3.8, 4) is 11.6 Å². The molecule has 0 saturated carbocycles. The van der Waals surface area contributed by atoms with Crippen molar-refractivity contribution in [2.75, 3.05) is 17.2 Å². The molecule has 33 heavy (non-hydrogen) atoms. The standard InChI is InChI=1S/C25H24N4O2S2/c1-18-13-14-28(20-10-5-6-12-22(20)33-18)23(30)17-32-25-27-26-24(21-11-7-15-31-21)29(25)16-19-8-3-2-4-9-19/h2-12,15,18H,13-14,16-17H2,1H3/t18-/m0/s1. The van der Waals surface area contributed by atoms with Gasteiger partial charge in [-0.2, -0.15) is 0 Å². The average Bonchev–Trinajstić information content (AvgIpc) is 3.46. The highest BCUT2D eigenvalue weighted by Crippen LogP contribution is 2.37. The molecule has 6 nitrogen and oxygen atoms in total. The van der Waals surface area contributed by atoms with E-state index in [1.165, 1.54) is 11.8 Å². The second-order valence-electron chi connectivity index (χ2n) is 7.87. The second-order valence-corrected chi connectivity index (χ2v) is 10.3. The summed E-state index contributed by atoms with van der Waals surface area (Å²) in [7, 11) is 0. The minimum Gasteiger partial charge on any atom is -0.461 e. The van der Waals surface area contributed by atoms with E-state index >= 15 is 0 Å². The van der Waals surface area contributed by atoms with Crippen LogP contribution in [0.15, 0.2) is 87.5 Å². The van der Waals surface area contributed by atoms with E-state index in [0.29, 0.717) is 34.3 Å². The maximum absolute atomic E-state index is 13.3. The Bertz CT molecular complexity index is 1220. The number of fused-ring (bicyclic) bond motifs is 1. The first-order valence-electron chi connectivity index (χ1n) is 10.9. The third kappa shape index (κ3) is 4.86. The fourth-order valence-corrected chi connectivity index (χ4v) is 5.77. The lowest BCUT2D eigenvalue weighted by molar-refractivity contribution is -0.116. The Kier molecular flexibility index (Phi) is 6.55. The lowest BCUT2D eigenvalue weighted by atomic mass is 10.2. The van der Waals surface area contributed by atoms with Crippen molar-refractivity contribution >= 4 is 35.1 Å². The third-order valence-electron chi connectivity index (χ3n) is 5.51. The van der Waals surface area contributed by atoms with Crippen molar-refractivity contribution in [2.24, 2.45) is 0 Å². The van der Waals surface area contributed by atoms with E-state index < -0.39 is 0 Å². The number of aromatic nitrogens is 3. The first-order valence-corrected chi connectivity index (χ1v) is 12.8. The van der Waals surface area contributed by atoms with Gasteiger partial charge in [0, 0.05) is 16.7 Å². The number of nitrogens with zero attached hydrogens (tertiary/aromatic N) is 4. The molecule has 2 aromatic carbocycles. The van der Waals surface area contributed by atoms with E-state index in [4.69, 9.17) is 4.42 Å². The monoisotopic (exact) mass is 476 g/mol. The molecule has 0 N–H and O–H groups in total. The van der Waals surface area contributed by atoms with Gasteiger partial charge in [0.25, 0.3) is 0 Å². The number of carbonyl (C=O) groups is 1. The zero-order valence-electron chi connectivity index (χ0n) is 18.3. The summed E-state index contributed by atoms with van der Waals surface area (Å²) < 4.78 is 7.60. The van der Waals surface area contributed by atoms with Crippen LogP contribution in [-0.2, 0) is 11.3 Å². The van der Waals surface area contributed by atoms with Crippen LogP contribution < -0.4 is 4.90 Å². The quantitative estimate of drug-likeness (QED) is 0.338. The van der Waals surface area contributed by atoms with Gasteiger partial charge in [-0.25, -0.2) is 0 Å². The van der Waals surface area contributed by atoms with Gasteiger partial charge in [0.15, 0.2) is 10.9 Å². The van der Waals surface area contributed by atoms with Gasteiger partial charge in [-0.1, -0.05) is 61.2 Å². The van der Waals surface area contributed by atoms with Gasteiger partial charge in [-0.3, -0.25) is 9.36 Å². The summed E-state index contributed by atoms with van der Waals surface area (Å²) in [5.74, 6) is 1.68. The number of hydrogen-bond acceptors (Lipinski definition) is 6. The molecule has 1 amide bonds. The number of furan rings is 1. The summed E-state index contributed by atoms with van der Waals surface area (Å²) >= 11 is 3.25. The van der Waals surface area contributed by atoms with E-state index in [1.807, 2.05) is 69.8 Å². The van der Waals surface area contributed by atoms with Crippen LogP contribution in [0.1, 0.15) is 18.9 Å². The predicted octanol–water partition coefficient (Wildman–Crippen LogP) is 5.60. The second kappa shape index (κ2) is 9.89. The molecule has 1 aliphatic rings. The molecule has 0 bridgehead atoms. The molecule has 168 valence electrons. The van der Waals surface area contributed by atoms with Crippen molar-refractivity contribution in [3.05, 3.63) is 78.6 Å². The van der Waals surface area contributed by atoms with Crippen LogP contribution in [0.2, 0.25) is 0 Å². The Morgan fingerprint density at radius 2 is 1.91 bits per heavy atom. The molecule has 5 rings (SSSR count). The summed E-state index contributed by atoms with van der Waals surface area (Å²) in [6, 6.07) is 22.0. The SMILES string of the molecule is C[C@H]1CCN(C(=O)CSc2nnc(-c3ccco3)n2Cc2ccccc2)c2ccccc2S1. The van der Waals surface area contributed by atoms with Crippen molar-refractivity contribution in [1.29, 1.82) is 0 Å². The molecule has 0 unspecified atom stereocenters. The van der Waals surface area contributed by atoms with Gasteiger partial charge < -0.3 is 9.32 Å². The molecule has 0 fully saturated rings. The van der Waals surface area contributed by atoms with E-state index in [1.54, 1.807) is 6.26 Å². The van der Waals surface area contributed by atoms with Gasteiger partial charge in [0.05, 0.1) is 24.2 Å². The Balaban J connectivity index is 1.38. The minimum atomic E-state index is 0.0796. The number of thioether (sulfide) groups is 2. The highest BCUT2D eigenvalue weighted by molar-refractivity contribution is 8.00. The third-order valence-corrected chi connectivity index (χ3v) is 7.70. The van der Waals surface area contributed by atoms with E-state index in [0.717, 1.165) is 29.1 Å². The molecule has 0 radical (unpaired) electrons. The molecule has 3 heterocycles. The summed E-state index contributed by atoms with van der Waals surface area (Å²) in [6.45, 7) is 3.53. The van der Waals surface area contributed by atoms with Crippen LogP contribution in [0.5, 0.6) is 0 Å². The van der Waals surface area contributed by atoms with Crippen LogP contribution in [0.25, 0.3) is 11.6 Å². The highest BCUT2D eigenvalue weighted by Gasteiger charge is 2.25. The maximum atomic E-state index is 13.3. The number of para-hydroxylation sites is 1. The van der Waals surface area contributed by atoms with Gasteiger partial charge in [0.1, 0.15) is 0 Å². The molecular weight excluding hydrogens is 452 g/mol. The smallest absolute Gasteiger partial charge is 0.237 e. The summed E-state index contributed by atoms with van der Waals surface area (Å²) in [5.41, 5.74) is 2.13. The fourth-order valence-electron chi connectivity index (χ4n) is 3.84. The van der Waals surface area contributed by atoms with Gasteiger partial charge in [-0.15, -0.1) is 22.0 Å². The topological polar surface area (TPSA) is 64.2 Å². The van der Waals surface area contributed by atoms with Crippen molar-refractivity contribution in [3.63, 3.8) is 0 Å². The van der Waals surface area contributed by atoms with Crippen LogP contribution >= 0.6 is 23.5 Å².